The molecule has 1 aliphatic rings. The summed E-state index contributed by atoms with van der Waals surface area (Å²) in [4.78, 5) is 38.5. The first-order chi connectivity index (χ1) is 14.7. The molecule has 0 saturated carbocycles. The fourth-order valence-corrected chi connectivity index (χ4v) is 4.01. The number of rotatable bonds is 7. The molecule has 162 valence electrons. The van der Waals surface area contributed by atoms with Crippen LogP contribution in [0, 0.1) is 0 Å². The number of allylic oxidation sites excluding steroid dienone is 1. The number of ketones is 1. The molecule has 6 heteroatoms. The zero-order valence-electron chi connectivity index (χ0n) is 18.3. The Labute approximate surface area is 182 Å². The van der Waals surface area contributed by atoms with Crippen LogP contribution in [0.1, 0.15) is 44.4 Å². The second-order valence-electron chi connectivity index (χ2n) is 8.23. The summed E-state index contributed by atoms with van der Waals surface area (Å²) in [5.74, 6) is -1.07. The van der Waals surface area contributed by atoms with Crippen LogP contribution in [-0.4, -0.2) is 31.3 Å². The Morgan fingerprint density at radius 1 is 1.06 bits per heavy atom. The van der Waals surface area contributed by atoms with Crippen molar-refractivity contribution in [1.82, 2.24) is 5.32 Å². The number of para-hydroxylation sites is 1. The summed E-state index contributed by atoms with van der Waals surface area (Å²) in [6.45, 7) is 5.19. The molecule has 1 amide bonds. The monoisotopic (exact) mass is 420 g/mol. The third kappa shape index (κ3) is 5.02. The Hall–Kier alpha value is -3.41. The number of fused-ring (bicyclic) bond motifs is 1. The first-order valence-electron chi connectivity index (χ1n) is 10.3. The van der Waals surface area contributed by atoms with E-state index in [1.54, 1.807) is 6.08 Å². The van der Waals surface area contributed by atoms with Gasteiger partial charge in [-0.15, -0.1) is 0 Å². The number of hydrogen-bond donors (Lipinski definition) is 1. The number of carbonyl (C=O) groups is 3. The molecule has 1 heterocycles. The first-order valence-corrected chi connectivity index (χ1v) is 10.3. The molecule has 0 fully saturated rings. The van der Waals surface area contributed by atoms with Gasteiger partial charge in [0.15, 0.2) is 12.4 Å². The number of nitrogens with zero attached hydrogens (tertiary/aromatic N) is 1. The van der Waals surface area contributed by atoms with E-state index in [1.807, 2.05) is 60.5 Å². The molecular formula is C25H28N2O4. The Morgan fingerprint density at radius 3 is 2.35 bits per heavy atom. The van der Waals surface area contributed by atoms with Crippen LogP contribution in [0.4, 0.5) is 5.69 Å². The van der Waals surface area contributed by atoms with Crippen LogP contribution in [-0.2, 0) is 24.5 Å². The van der Waals surface area contributed by atoms with Gasteiger partial charge in [-0.3, -0.25) is 14.4 Å². The maximum absolute atomic E-state index is 12.6. The van der Waals surface area contributed by atoms with E-state index in [-0.39, 0.29) is 30.1 Å². The average Bonchev–Trinajstić information content (AvgIpc) is 2.93. The molecule has 3 rings (SSSR count). The molecule has 0 unspecified atom stereocenters. The smallest absolute Gasteiger partial charge is 0.308 e. The zero-order chi connectivity index (χ0) is 22.6. The molecule has 0 spiro atoms. The van der Waals surface area contributed by atoms with Crippen LogP contribution in [0.3, 0.4) is 0 Å². The lowest BCUT2D eigenvalue weighted by Gasteiger charge is -2.24. The molecule has 0 saturated heterocycles. The number of amides is 1. The van der Waals surface area contributed by atoms with Crippen molar-refractivity contribution in [3.8, 4) is 0 Å². The van der Waals surface area contributed by atoms with Gasteiger partial charge in [-0.2, -0.15) is 0 Å². The quantitative estimate of drug-likeness (QED) is 0.546. The van der Waals surface area contributed by atoms with E-state index in [4.69, 9.17) is 4.74 Å². The van der Waals surface area contributed by atoms with Crippen LogP contribution in [0.2, 0.25) is 0 Å². The molecule has 1 N–H and O–H groups in total. The molecule has 1 aliphatic heterocycles. The molecular weight excluding hydrogens is 392 g/mol. The molecule has 0 aromatic heterocycles. The van der Waals surface area contributed by atoms with Gasteiger partial charge in [0, 0.05) is 36.8 Å². The van der Waals surface area contributed by atoms with Crippen molar-refractivity contribution < 1.29 is 19.1 Å². The second kappa shape index (κ2) is 9.16. The number of esters is 1. The lowest BCUT2D eigenvalue weighted by atomic mass is 9.83. The molecule has 0 bridgehead atoms. The molecule has 31 heavy (non-hydrogen) atoms. The summed E-state index contributed by atoms with van der Waals surface area (Å²) < 4.78 is 5.23. The van der Waals surface area contributed by atoms with Gasteiger partial charge >= 0.3 is 5.97 Å². The van der Waals surface area contributed by atoms with Crippen molar-refractivity contribution in [1.29, 1.82) is 0 Å². The normalized spacial score (nSPS) is 16.5. The number of nitrogens with one attached hydrogen (secondary N) is 1. The number of benzene rings is 2. The van der Waals surface area contributed by atoms with Crippen molar-refractivity contribution >= 4 is 23.3 Å². The summed E-state index contributed by atoms with van der Waals surface area (Å²) in [5, 5.41) is 2.76. The van der Waals surface area contributed by atoms with Gasteiger partial charge in [-0.1, -0.05) is 62.4 Å². The van der Waals surface area contributed by atoms with Gasteiger partial charge < -0.3 is 15.0 Å². The molecule has 2 aromatic carbocycles. The maximum atomic E-state index is 12.6. The molecule has 0 aliphatic carbocycles. The summed E-state index contributed by atoms with van der Waals surface area (Å²) in [6.07, 6.45) is 1.50. The van der Waals surface area contributed by atoms with E-state index in [9.17, 15) is 14.4 Å². The van der Waals surface area contributed by atoms with Crippen molar-refractivity contribution in [2.24, 2.45) is 0 Å². The van der Waals surface area contributed by atoms with Gasteiger partial charge in [0.25, 0.3) is 0 Å². The summed E-state index contributed by atoms with van der Waals surface area (Å²) in [7, 11) is 1.93. The minimum atomic E-state index is -0.545. The van der Waals surface area contributed by atoms with Crippen LogP contribution in [0.15, 0.2) is 66.4 Å². The topological polar surface area (TPSA) is 75.7 Å². The fraction of sp³-hybridized carbons (Fsp3) is 0.320. The van der Waals surface area contributed by atoms with E-state index in [2.05, 4.69) is 25.2 Å². The van der Waals surface area contributed by atoms with E-state index in [0.29, 0.717) is 0 Å². The van der Waals surface area contributed by atoms with Crippen molar-refractivity contribution in [2.75, 3.05) is 18.6 Å². The predicted octanol–water partition coefficient (Wildman–Crippen LogP) is 3.68. The molecule has 6 nitrogen and oxygen atoms in total. The number of anilines is 1. The number of ether oxygens (including phenoxy) is 1. The summed E-state index contributed by atoms with van der Waals surface area (Å²) >= 11 is 0. The number of likely N-dealkylation sites (N-methyl/N-ethyl adjacent to an activating group) is 1. The fourth-order valence-electron chi connectivity index (χ4n) is 4.01. The summed E-state index contributed by atoms with van der Waals surface area (Å²) in [5.41, 5.74) is 3.54. The Bertz CT molecular complexity index is 1010. The van der Waals surface area contributed by atoms with E-state index in [1.165, 1.54) is 6.92 Å². The van der Waals surface area contributed by atoms with Crippen molar-refractivity contribution in [3.05, 3.63) is 77.5 Å². The van der Waals surface area contributed by atoms with Crippen LogP contribution in [0.5, 0.6) is 0 Å². The van der Waals surface area contributed by atoms with Crippen LogP contribution in [0.25, 0.3) is 0 Å². The van der Waals surface area contributed by atoms with Gasteiger partial charge in [0.2, 0.25) is 5.91 Å². The zero-order valence-corrected chi connectivity index (χ0v) is 18.3. The van der Waals surface area contributed by atoms with E-state index < -0.39 is 12.0 Å². The van der Waals surface area contributed by atoms with Gasteiger partial charge in [-0.25, -0.2) is 0 Å². The highest BCUT2D eigenvalue weighted by molar-refractivity contribution is 5.94. The minimum Gasteiger partial charge on any atom is -0.457 e. The van der Waals surface area contributed by atoms with Gasteiger partial charge in [0.1, 0.15) is 0 Å². The van der Waals surface area contributed by atoms with Crippen LogP contribution >= 0.6 is 0 Å². The van der Waals surface area contributed by atoms with Crippen molar-refractivity contribution in [3.63, 3.8) is 0 Å². The van der Waals surface area contributed by atoms with Crippen LogP contribution < -0.4 is 10.2 Å². The molecule has 2 aromatic rings. The van der Waals surface area contributed by atoms with E-state index in [0.717, 1.165) is 22.5 Å². The minimum absolute atomic E-state index is 0.0513. The largest absolute Gasteiger partial charge is 0.457 e. The Kier molecular flexibility index (Phi) is 6.59. The van der Waals surface area contributed by atoms with Gasteiger partial charge in [-0.05, 0) is 17.2 Å². The SMILES string of the molecule is CC(=O)N[C@H](CC(=O)OCC(=O)C=C1N(C)c2ccccc2C1(C)C)c1ccccc1. The second-order valence-corrected chi connectivity index (χ2v) is 8.23. The van der Waals surface area contributed by atoms with Gasteiger partial charge in [0.05, 0.1) is 12.5 Å². The standard InChI is InChI=1S/C25H28N2O4/c1-17(28)26-21(18-10-6-5-7-11-18)15-24(30)31-16-19(29)14-23-25(2,3)20-12-8-9-13-22(20)27(23)4/h5-14,21H,15-16H2,1-4H3,(H,26,28)/t21-/m1/s1. The Balaban J connectivity index is 1.64. The Morgan fingerprint density at radius 2 is 1.71 bits per heavy atom. The highest BCUT2D eigenvalue weighted by atomic mass is 16.5. The third-order valence-electron chi connectivity index (χ3n) is 5.56. The molecule has 0 radical (unpaired) electrons. The summed E-state index contributed by atoms with van der Waals surface area (Å²) in [6, 6.07) is 16.7. The molecule has 1 atom stereocenters. The predicted molar refractivity (Wildman–Crippen MR) is 120 cm³/mol. The first kappa shape index (κ1) is 22.3. The third-order valence-corrected chi connectivity index (χ3v) is 5.56. The average molecular weight is 421 g/mol. The van der Waals surface area contributed by atoms with Crippen molar-refractivity contribution in [2.45, 2.75) is 38.6 Å². The lowest BCUT2D eigenvalue weighted by Crippen LogP contribution is -2.29. The highest BCUT2D eigenvalue weighted by Crippen LogP contribution is 2.46. The maximum Gasteiger partial charge on any atom is 0.308 e. The lowest BCUT2D eigenvalue weighted by molar-refractivity contribution is -0.147. The number of hydrogen-bond acceptors (Lipinski definition) is 5. The highest BCUT2D eigenvalue weighted by Gasteiger charge is 2.38. The number of carbonyl (C=O) groups excluding carboxylic acids is 3. The van der Waals surface area contributed by atoms with E-state index >= 15 is 0 Å².